The second-order valence-electron chi connectivity index (χ2n) is 7.23. The molecule has 0 unspecified atom stereocenters. The molecular weight excluding hydrogens is 350 g/mol. The highest BCUT2D eigenvalue weighted by Gasteiger charge is 2.46. The number of hydrogen-bond acceptors (Lipinski definition) is 6. The van der Waals surface area contributed by atoms with Crippen molar-refractivity contribution >= 4 is 12.4 Å². The molecule has 0 aromatic carbocycles. The fourth-order valence-electron chi connectivity index (χ4n) is 3.81. The molecule has 2 aliphatic rings. The molecule has 0 spiro atoms. The number of carboxylic acid groups (broad SMARTS) is 1. The van der Waals surface area contributed by atoms with Gasteiger partial charge in [0.1, 0.15) is 12.2 Å². The van der Waals surface area contributed by atoms with Gasteiger partial charge in [-0.05, 0) is 32.7 Å². The summed E-state index contributed by atoms with van der Waals surface area (Å²) >= 11 is 0. The maximum absolute atomic E-state index is 12.9. The van der Waals surface area contributed by atoms with Crippen LogP contribution < -0.4 is 0 Å². The van der Waals surface area contributed by atoms with Crippen LogP contribution in [0.4, 0.5) is 0 Å². The maximum atomic E-state index is 12.9. The molecule has 1 saturated heterocycles. The summed E-state index contributed by atoms with van der Waals surface area (Å²) in [6.07, 6.45) is 5.93. The molecule has 2 heterocycles. The third-order valence-corrected chi connectivity index (χ3v) is 5.53. The Labute approximate surface area is 160 Å². The van der Waals surface area contributed by atoms with Crippen LogP contribution in [0, 0.1) is 12.3 Å². The lowest BCUT2D eigenvalue weighted by Crippen LogP contribution is -2.51. The van der Waals surface area contributed by atoms with Crippen LogP contribution in [-0.2, 0) is 20.9 Å². The number of hydrogen-bond donors (Lipinski definition) is 1. The van der Waals surface area contributed by atoms with Crippen molar-refractivity contribution in [1.29, 1.82) is 0 Å². The first-order chi connectivity index (χ1) is 13.1. The minimum atomic E-state index is -0.250. The first kappa shape index (κ1) is 21.3. The number of rotatable bonds is 6. The average molecular weight is 381 g/mol. The van der Waals surface area contributed by atoms with Gasteiger partial charge in [0.05, 0.1) is 12.0 Å². The van der Waals surface area contributed by atoms with E-state index in [1.807, 2.05) is 6.92 Å². The van der Waals surface area contributed by atoms with Crippen LogP contribution in [0.1, 0.15) is 31.5 Å². The summed E-state index contributed by atoms with van der Waals surface area (Å²) in [5.74, 6) is 1.26. The summed E-state index contributed by atoms with van der Waals surface area (Å²) in [5.41, 5.74) is -0.233. The largest absolute Gasteiger partial charge is 0.483 e. The summed E-state index contributed by atoms with van der Waals surface area (Å²) in [6.45, 7) is 7.85. The Balaban J connectivity index is 0.000000817. The standard InChI is InChI=1S/C17H29N5O2.CH2O2/c1-15-19-18-14-22(15)12-10-20-7-4-8-21(11-9-20)16(23)17(13-24-2)5-3-6-17;2-1-3/h14H,3-13H2,1-2H3;1H,(H,2,3). The molecule has 1 N–H and O–H groups in total. The number of ether oxygens (including phenoxy) is 1. The summed E-state index contributed by atoms with van der Waals surface area (Å²) in [4.78, 5) is 25.8. The lowest BCUT2D eigenvalue weighted by molar-refractivity contribution is -0.152. The SMILES string of the molecule is COCC1(C(=O)N2CCCN(CCn3cnnc3C)CC2)CCC1.O=CO. The van der Waals surface area contributed by atoms with Gasteiger partial charge in [0.25, 0.3) is 6.47 Å². The Morgan fingerprint density at radius 3 is 2.56 bits per heavy atom. The highest BCUT2D eigenvalue weighted by Crippen LogP contribution is 2.42. The van der Waals surface area contributed by atoms with Crippen molar-refractivity contribution in [2.75, 3.05) is 46.4 Å². The monoisotopic (exact) mass is 381 g/mol. The molecule has 0 radical (unpaired) electrons. The zero-order valence-corrected chi connectivity index (χ0v) is 16.3. The van der Waals surface area contributed by atoms with Gasteiger partial charge in [-0.25, -0.2) is 0 Å². The van der Waals surface area contributed by atoms with Crippen LogP contribution in [0.2, 0.25) is 0 Å². The van der Waals surface area contributed by atoms with Gasteiger partial charge in [0.15, 0.2) is 0 Å². The van der Waals surface area contributed by atoms with Crippen molar-refractivity contribution in [3.05, 3.63) is 12.2 Å². The fraction of sp³-hybridized carbons (Fsp3) is 0.778. The normalized spacial score (nSPS) is 19.4. The highest BCUT2D eigenvalue weighted by molar-refractivity contribution is 5.83. The van der Waals surface area contributed by atoms with Crippen molar-refractivity contribution < 1.29 is 19.4 Å². The Hall–Kier alpha value is -2.00. The summed E-state index contributed by atoms with van der Waals surface area (Å²) in [7, 11) is 1.70. The van der Waals surface area contributed by atoms with Crippen LogP contribution in [0.15, 0.2) is 6.33 Å². The summed E-state index contributed by atoms with van der Waals surface area (Å²) in [6, 6.07) is 0. The zero-order chi connectivity index (χ0) is 19.7. The summed E-state index contributed by atoms with van der Waals surface area (Å²) in [5, 5.41) is 14.8. The molecular formula is C18H31N5O4. The lowest BCUT2D eigenvalue weighted by Gasteiger charge is -2.42. The van der Waals surface area contributed by atoms with E-state index in [1.54, 1.807) is 13.4 Å². The van der Waals surface area contributed by atoms with Crippen LogP contribution in [0.3, 0.4) is 0 Å². The molecule has 1 aromatic heterocycles. The summed E-state index contributed by atoms with van der Waals surface area (Å²) < 4.78 is 7.41. The molecule has 9 nitrogen and oxygen atoms in total. The predicted molar refractivity (Wildman–Crippen MR) is 99.2 cm³/mol. The zero-order valence-electron chi connectivity index (χ0n) is 16.3. The third-order valence-electron chi connectivity index (χ3n) is 5.53. The quantitative estimate of drug-likeness (QED) is 0.722. The number of nitrogens with zero attached hydrogens (tertiary/aromatic N) is 5. The van der Waals surface area contributed by atoms with Crippen LogP contribution >= 0.6 is 0 Å². The van der Waals surface area contributed by atoms with Crippen molar-refractivity contribution in [3.63, 3.8) is 0 Å². The Bertz CT molecular complexity index is 602. The predicted octanol–water partition coefficient (Wildman–Crippen LogP) is 0.638. The second kappa shape index (κ2) is 10.4. The molecule has 1 aromatic rings. The van der Waals surface area contributed by atoms with E-state index in [1.165, 1.54) is 0 Å². The van der Waals surface area contributed by atoms with E-state index >= 15 is 0 Å². The number of carbonyl (C=O) groups is 2. The molecule has 1 aliphatic heterocycles. The van der Waals surface area contributed by atoms with Gasteiger partial charge in [0.2, 0.25) is 5.91 Å². The molecule has 2 fully saturated rings. The van der Waals surface area contributed by atoms with E-state index < -0.39 is 0 Å². The van der Waals surface area contributed by atoms with Gasteiger partial charge in [-0.2, -0.15) is 0 Å². The van der Waals surface area contributed by atoms with Gasteiger partial charge in [-0.1, -0.05) is 6.42 Å². The van der Waals surface area contributed by atoms with Gasteiger partial charge >= 0.3 is 0 Å². The number of aromatic nitrogens is 3. The van der Waals surface area contributed by atoms with Crippen LogP contribution in [-0.4, -0.2) is 88.5 Å². The van der Waals surface area contributed by atoms with E-state index in [9.17, 15) is 4.79 Å². The topological polar surface area (TPSA) is 101 Å². The Morgan fingerprint density at radius 1 is 1.26 bits per heavy atom. The van der Waals surface area contributed by atoms with Crippen LogP contribution in [0.25, 0.3) is 0 Å². The molecule has 1 aliphatic carbocycles. The Morgan fingerprint density at radius 2 is 2.00 bits per heavy atom. The number of carbonyl (C=O) groups excluding carboxylic acids is 1. The fourth-order valence-corrected chi connectivity index (χ4v) is 3.81. The Kier molecular flexibility index (Phi) is 8.18. The van der Waals surface area contributed by atoms with E-state index in [-0.39, 0.29) is 11.9 Å². The van der Waals surface area contributed by atoms with Crippen molar-refractivity contribution in [3.8, 4) is 0 Å². The van der Waals surface area contributed by atoms with Crippen LogP contribution in [0.5, 0.6) is 0 Å². The second-order valence-corrected chi connectivity index (χ2v) is 7.23. The van der Waals surface area contributed by atoms with E-state index in [0.717, 1.165) is 70.8 Å². The average Bonchev–Trinajstić information content (AvgIpc) is 2.89. The molecule has 3 rings (SSSR count). The molecule has 0 bridgehead atoms. The van der Waals surface area contributed by atoms with Crippen molar-refractivity contribution in [2.45, 2.75) is 39.2 Å². The molecule has 0 atom stereocenters. The van der Waals surface area contributed by atoms with Gasteiger partial charge in [-0.15, -0.1) is 10.2 Å². The molecule has 27 heavy (non-hydrogen) atoms. The number of amides is 1. The van der Waals surface area contributed by atoms with Gasteiger partial charge in [0, 0.05) is 39.8 Å². The molecule has 9 heteroatoms. The van der Waals surface area contributed by atoms with Gasteiger partial charge in [-0.3, -0.25) is 14.5 Å². The van der Waals surface area contributed by atoms with E-state index in [4.69, 9.17) is 14.6 Å². The molecule has 1 amide bonds. The molecule has 152 valence electrons. The number of aryl methyl sites for hydroxylation is 1. The van der Waals surface area contributed by atoms with Crippen molar-refractivity contribution in [2.24, 2.45) is 5.41 Å². The minimum absolute atomic E-state index is 0.233. The third kappa shape index (κ3) is 5.49. The number of methoxy groups -OCH3 is 1. The smallest absolute Gasteiger partial charge is 0.290 e. The van der Waals surface area contributed by atoms with Crippen molar-refractivity contribution in [1.82, 2.24) is 24.6 Å². The minimum Gasteiger partial charge on any atom is -0.483 e. The molecule has 1 saturated carbocycles. The highest BCUT2D eigenvalue weighted by atomic mass is 16.5. The van der Waals surface area contributed by atoms with E-state index in [0.29, 0.717) is 12.5 Å². The van der Waals surface area contributed by atoms with E-state index in [2.05, 4.69) is 24.6 Å². The lowest BCUT2D eigenvalue weighted by atomic mass is 9.68. The van der Waals surface area contributed by atoms with Gasteiger partial charge < -0.3 is 19.3 Å². The first-order valence-electron chi connectivity index (χ1n) is 9.49. The maximum Gasteiger partial charge on any atom is 0.290 e. The first-order valence-corrected chi connectivity index (χ1v) is 9.49.